The van der Waals surface area contributed by atoms with Crippen LogP contribution in [0, 0.1) is 0 Å². The molecule has 3 aromatic rings. The van der Waals surface area contributed by atoms with Crippen LogP contribution in [-0.2, 0) is 21.7 Å². The van der Waals surface area contributed by atoms with Gasteiger partial charge in [0.2, 0.25) is 0 Å². The zero-order valence-electron chi connectivity index (χ0n) is 18.8. The van der Waals surface area contributed by atoms with Crippen molar-refractivity contribution in [2.24, 2.45) is 4.99 Å². The first-order valence-electron chi connectivity index (χ1n) is 11.0. The van der Waals surface area contributed by atoms with E-state index in [-0.39, 0.29) is 0 Å². The van der Waals surface area contributed by atoms with E-state index in [1.807, 2.05) is 86.8 Å². The molecule has 1 atom stereocenters. The number of rotatable bonds is 9. The molecule has 0 saturated heterocycles. The molecule has 5 nitrogen and oxygen atoms in total. The zero-order chi connectivity index (χ0) is 22.4. The highest BCUT2D eigenvalue weighted by atomic mass is 16.7. The minimum absolute atomic E-state index is 0.451. The Morgan fingerprint density at radius 3 is 2.16 bits per heavy atom. The second-order valence-corrected chi connectivity index (χ2v) is 7.56. The van der Waals surface area contributed by atoms with Crippen LogP contribution in [0.2, 0.25) is 0 Å². The lowest BCUT2D eigenvalue weighted by Crippen LogP contribution is -2.55. The number of methoxy groups -OCH3 is 1. The highest BCUT2D eigenvalue weighted by Gasteiger charge is 2.63. The van der Waals surface area contributed by atoms with E-state index >= 15 is 0 Å². The van der Waals surface area contributed by atoms with Crippen LogP contribution >= 0.6 is 0 Å². The van der Waals surface area contributed by atoms with E-state index in [0.29, 0.717) is 19.6 Å². The summed E-state index contributed by atoms with van der Waals surface area (Å²) in [6, 6.07) is 25.8. The van der Waals surface area contributed by atoms with Gasteiger partial charge in [0.25, 0.3) is 11.5 Å². The van der Waals surface area contributed by atoms with Crippen LogP contribution in [0.15, 0.2) is 83.9 Å². The second kappa shape index (κ2) is 9.55. The van der Waals surface area contributed by atoms with Crippen LogP contribution in [0.25, 0.3) is 0 Å². The van der Waals surface area contributed by atoms with Crippen LogP contribution in [0.4, 0.5) is 0 Å². The van der Waals surface area contributed by atoms with Gasteiger partial charge in [-0.1, -0.05) is 42.5 Å². The number of para-hydroxylation sites is 1. The maximum Gasteiger partial charge on any atom is 0.262 e. The Hall–Kier alpha value is -3.15. The molecule has 0 saturated carbocycles. The highest BCUT2D eigenvalue weighted by molar-refractivity contribution is 5.80. The minimum Gasteiger partial charge on any atom is -0.497 e. The lowest BCUT2D eigenvalue weighted by Gasteiger charge is -2.40. The van der Waals surface area contributed by atoms with Gasteiger partial charge in [0.1, 0.15) is 11.5 Å². The fourth-order valence-corrected chi connectivity index (χ4v) is 4.17. The lowest BCUT2D eigenvalue weighted by molar-refractivity contribution is -0.304. The molecule has 0 aromatic heterocycles. The normalized spacial score (nSPS) is 19.0. The molecule has 3 aromatic carbocycles. The summed E-state index contributed by atoms with van der Waals surface area (Å²) in [5.74, 6) is 0.340. The molecule has 0 bridgehead atoms. The Labute approximate surface area is 189 Å². The summed E-state index contributed by atoms with van der Waals surface area (Å²) < 4.78 is 24.7. The van der Waals surface area contributed by atoms with Gasteiger partial charge in [-0.25, -0.2) is 4.99 Å². The number of fused-ring (bicyclic) bond motifs is 1. The van der Waals surface area contributed by atoms with Crippen molar-refractivity contribution in [1.29, 1.82) is 0 Å². The van der Waals surface area contributed by atoms with Gasteiger partial charge < -0.3 is 18.9 Å². The summed E-state index contributed by atoms with van der Waals surface area (Å²) in [6.45, 7) is 4.82. The Morgan fingerprint density at radius 1 is 0.844 bits per heavy atom. The summed E-state index contributed by atoms with van der Waals surface area (Å²) in [7, 11) is 1.65. The molecule has 0 fully saturated rings. The van der Waals surface area contributed by atoms with E-state index in [1.165, 1.54) is 0 Å². The molecule has 0 amide bonds. The van der Waals surface area contributed by atoms with Gasteiger partial charge in [-0.3, -0.25) is 0 Å². The van der Waals surface area contributed by atoms with Crippen molar-refractivity contribution in [3.63, 3.8) is 0 Å². The van der Waals surface area contributed by atoms with Gasteiger partial charge >= 0.3 is 0 Å². The summed E-state index contributed by atoms with van der Waals surface area (Å²) in [6.07, 6.45) is 2.30. The van der Waals surface area contributed by atoms with Gasteiger partial charge in [0, 0.05) is 25.8 Å². The Bertz CT molecular complexity index is 1040. The number of hydrogen-bond acceptors (Lipinski definition) is 5. The predicted molar refractivity (Wildman–Crippen MR) is 125 cm³/mol. The molecule has 1 aliphatic heterocycles. The van der Waals surface area contributed by atoms with Crippen molar-refractivity contribution >= 4 is 6.21 Å². The number of benzene rings is 3. The van der Waals surface area contributed by atoms with Crippen molar-refractivity contribution in [2.45, 2.75) is 31.8 Å². The standard InChI is InChI=1S/C27H29NO4/c1-4-30-27(31-5-2)24-13-9-10-14-25(24)32-26(27,19-21-11-7-6-8-12-21)28-20-22-15-17-23(29-3)18-16-22/h6-18,20H,4-5,19H2,1-3H3/b28-20+. The maximum atomic E-state index is 6.61. The topological polar surface area (TPSA) is 49.3 Å². The largest absolute Gasteiger partial charge is 0.497 e. The molecular weight excluding hydrogens is 402 g/mol. The Kier molecular flexibility index (Phi) is 6.58. The van der Waals surface area contributed by atoms with Crippen molar-refractivity contribution in [3.05, 3.63) is 95.6 Å². The second-order valence-electron chi connectivity index (χ2n) is 7.56. The average molecular weight is 432 g/mol. The van der Waals surface area contributed by atoms with E-state index in [9.17, 15) is 0 Å². The third-order valence-electron chi connectivity index (χ3n) is 5.55. The predicted octanol–water partition coefficient (Wildman–Crippen LogP) is 5.37. The smallest absolute Gasteiger partial charge is 0.262 e. The van der Waals surface area contributed by atoms with Crippen LogP contribution in [0.5, 0.6) is 11.5 Å². The fraction of sp³-hybridized carbons (Fsp3) is 0.296. The van der Waals surface area contributed by atoms with E-state index in [0.717, 1.165) is 28.2 Å². The number of nitrogens with zero attached hydrogens (tertiary/aromatic N) is 1. The van der Waals surface area contributed by atoms with Crippen molar-refractivity contribution in [1.82, 2.24) is 0 Å². The number of hydrogen-bond donors (Lipinski definition) is 0. The summed E-state index contributed by atoms with van der Waals surface area (Å²) in [5, 5.41) is 0. The van der Waals surface area contributed by atoms with Gasteiger partial charge in [-0.05, 0) is 61.4 Å². The first-order valence-corrected chi connectivity index (χ1v) is 11.0. The quantitative estimate of drug-likeness (QED) is 0.338. The van der Waals surface area contributed by atoms with Gasteiger partial charge in [0.15, 0.2) is 0 Å². The lowest BCUT2D eigenvalue weighted by atomic mass is 9.90. The van der Waals surface area contributed by atoms with E-state index in [4.69, 9.17) is 23.9 Å². The van der Waals surface area contributed by atoms with Crippen molar-refractivity contribution in [2.75, 3.05) is 20.3 Å². The number of aliphatic imine (C=N–C) groups is 1. The van der Waals surface area contributed by atoms with Crippen LogP contribution in [0.3, 0.4) is 0 Å². The first-order chi connectivity index (χ1) is 15.7. The number of ether oxygens (including phenoxy) is 4. The van der Waals surface area contributed by atoms with Crippen LogP contribution in [-0.4, -0.2) is 32.3 Å². The maximum absolute atomic E-state index is 6.61. The minimum atomic E-state index is -1.17. The van der Waals surface area contributed by atoms with E-state index in [2.05, 4.69) is 12.1 Å². The van der Waals surface area contributed by atoms with Crippen LogP contribution in [0.1, 0.15) is 30.5 Å². The molecule has 5 heteroatoms. The van der Waals surface area contributed by atoms with Gasteiger partial charge in [0.05, 0.1) is 12.7 Å². The SMILES string of the molecule is CCOC1(OCC)c2ccccc2OC1(Cc1ccccc1)/N=C/c1ccc(OC)cc1. The zero-order valence-corrected chi connectivity index (χ0v) is 18.8. The highest BCUT2D eigenvalue weighted by Crippen LogP contribution is 2.53. The van der Waals surface area contributed by atoms with E-state index in [1.54, 1.807) is 7.11 Å². The molecule has 0 N–H and O–H groups in total. The van der Waals surface area contributed by atoms with Crippen LogP contribution < -0.4 is 9.47 Å². The molecular formula is C27H29NO4. The fourth-order valence-electron chi connectivity index (χ4n) is 4.17. The molecule has 32 heavy (non-hydrogen) atoms. The molecule has 1 unspecified atom stereocenters. The summed E-state index contributed by atoms with van der Waals surface area (Å²) in [4.78, 5) is 5.04. The van der Waals surface area contributed by atoms with Crippen molar-refractivity contribution < 1.29 is 18.9 Å². The third kappa shape index (κ3) is 4.01. The third-order valence-corrected chi connectivity index (χ3v) is 5.55. The van der Waals surface area contributed by atoms with Gasteiger partial charge in [-0.15, -0.1) is 0 Å². The first kappa shape index (κ1) is 22.1. The molecule has 0 radical (unpaired) electrons. The molecule has 1 aliphatic rings. The Balaban J connectivity index is 1.85. The monoisotopic (exact) mass is 431 g/mol. The molecule has 4 rings (SSSR count). The molecule has 166 valence electrons. The molecule has 0 aliphatic carbocycles. The average Bonchev–Trinajstić information content (AvgIpc) is 3.08. The van der Waals surface area contributed by atoms with E-state index < -0.39 is 11.5 Å². The summed E-state index contributed by atoms with van der Waals surface area (Å²) >= 11 is 0. The van der Waals surface area contributed by atoms with Crippen molar-refractivity contribution in [3.8, 4) is 11.5 Å². The molecule has 0 spiro atoms. The summed E-state index contributed by atoms with van der Waals surface area (Å²) in [5.41, 5.74) is 1.73. The Morgan fingerprint density at radius 2 is 1.50 bits per heavy atom. The van der Waals surface area contributed by atoms with Gasteiger partial charge in [-0.2, -0.15) is 0 Å². The molecule has 1 heterocycles.